The van der Waals surface area contributed by atoms with E-state index in [0.29, 0.717) is 0 Å². The van der Waals surface area contributed by atoms with E-state index >= 15 is 0 Å². The molecule has 0 aliphatic rings. The Morgan fingerprint density at radius 1 is 0.960 bits per heavy atom. The van der Waals surface area contributed by atoms with Crippen molar-refractivity contribution in [3.05, 3.63) is 84.2 Å². The van der Waals surface area contributed by atoms with Crippen LogP contribution in [0.1, 0.15) is 11.1 Å². The highest BCUT2D eigenvalue weighted by Crippen LogP contribution is 2.08. The smallest absolute Gasteiger partial charge is 0.191 e. The van der Waals surface area contributed by atoms with Crippen molar-refractivity contribution in [3.63, 3.8) is 0 Å². The van der Waals surface area contributed by atoms with Crippen LogP contribution >= 0.6 is 0 Å². The molecule has 1 heterocycles. The summed E-state index contributed by atoms with van der Waals surface area (Å²) < 4.78 is 1.86. The molecule has 2 N–H and O–H groups in total. The van der Waals surface area contributed by atoms with Gasteiger partial charge in [0.05, 0.1) is 5.69 Å². The standard InChI is InChI=1S/C20H23N5/c1-21-20(23-16-18-6-3-2-4-7-18)22-14-12-17-8-10-19(11-9-17)25-15-5-13-24-25/h2-11,13,15H,12,14,16H2,1H3,(H2,21,22,23). The molecule has 0 radical (unpaired) electrons. The van der Waals surface area contributed by atoms with E-state index in [0.717, 1.165) is 31.2 Å². The molecule has 0 unspecified atom stereocenters. The summed E-state index contributed by atoms with van der Waals surface area (Å²) in [5.74, 6) is 0.817. The molecule has 5 heteroatoms. The van der Waals surface area contributed by atoms with Gasteiger partial charge in [0, 0.05) is 32.5 Å². The van der Waals surface area contributed by atoms with E-state index < -0.39 is 0 Å². The van der Waals surface area contributed by atoms with Crippen LogP contribution in [0, 0.1) is 0 Å². The largest absolute Gasteiger partial charge is 0.356 e. The molecule has 3 rings (SSSR count). The highest BCUT2D eigenvalue weighted by molar-refractivity contribution is 5.79. The van der Waals surface area contributed by atoms with Crippen molar-refractivity contribution in [2.45, 2.75) is 13.0 Å². The molecule has 5 nitrogen and oxygen atoms in total. The monoisotopic (exact) mass is 333 g/mol. The van der Waals surface area contributed by atoms with Crippen molar-refractivity contribution in [1.29, 1.82) is 0 Å². The van der Waals surface area contributed by atoms with Crippen LogP contribution in [0.3, 0.4) is 0 Å². The minimum atomic E-state index is 0.763. The molecule has 0 atom stereocenters. The third-order valence-electron chi connectivity index (χ3n) is 3.94. The lowest BCUT2D eigenvalue weighted by Gasteiger charge is -2.12. The van der Waals surface area contributed by atoms with E-state index in [9.17, 15) is 0 Å². The lowest BCUT2D eigenvalue weighted by Crippen LogP contribution is -2.37. The summed E-state index contributed by atoms with van der Waals surface area (Å²) in [6.07, 6.45) is 4.66. The number of nitrogens with one attached hydrogen (secondary N) is 2. The molecule has 3 aromatic rings. The van der Waals surface area contributed by atoms with Gasteiger partial charge in [0.1, 0.15) is 0 Å². The first-order valence-electron chi connectivity index (χ1n) is 8.42. The summed E-state index contributed by atoms with van der Waals surface area (Å²) in [6, 6.07) is 20.7. The Morgan fingerprint density at radius 3 is 2.44 bits per heavy atom. The number of aliphatic imine (C=N–C) groups is 1. The van der Waals surface area contributed by atoms with Crippen molar-refractivity contribution in [3.8, 4) is 5.69 Å². The molecule has 0 aliphatic carbocycles. The molecule has 2 aromatic carbocycles. The van der Waals surface area contributed by atoms with Gasteiger partial charge < -0.3 is 10.6 Å². The zero-order valence-electron chi connectivity index (χ0n) is 14.4. The van der Waals surface area contributed by atoms with Crippen LogP contribution in [0.5, 0.6) is 0 Å². The number of hydrogen-bond acceptors (Lipinski definition) is 2. The van der Waals surface area contributed by atoms with Gasteiger partial charge in [-0.2, -0.15) is 5.10 Å². The maximum Gasteiger partial charge on any atom is 0.191 e. The maximum atomic E-state index is 4.26. The van der Waals surface area contributed by atoms with E-state index in [1.165, 1.54) is 11.1 Å². The van der Waals surface area contributed by atoms with E-state index in [1.807, 2.05) is 35.1 Å². The summed E-state index contributed by atoms with van der Waals surface area (Å²) >= 11 is 0. The Hall–Kier alpha value is -3.08. The van der Waals surface area contributed by atoms with Gasteiger partial charge in [-0.15, -0.1) is 0 Å². The number of nitrogens with zero attached hydrogens (tertiary/aromatic N) is 3. The molecule has 0 fully saturated rings. The van der Waals surface area contributed by atoms with Crippen molar-refractivity contribution < 1.29 is 0 Å². The SMILES string of the molecule is CN=C(NCCc1ccc(-n2cccn2)cc1)NCc1ccccc1. The molecule has 0 aliphatic heterocycles. The van der Waals surface area contributed by atoms with E-state index in [4.69, 9.17) is 0 Å². The summed E-state index contributed by atoms with van der Waals surface area (Å²) in [5, 5.41) is 10.9. The van der Waals surface area contributed by atoms with Crippen LogP contribution in [0.25, 0.3) is 5.69 Å². The number of rotatable bonds is 6. The number of benzene rings is 2. The molecule has 0 saturated heterocycles. The molecule has 0 amide bonds. The Balaban J connectivity index is 1.45. The van der Waals surface area contributed by atoms with E-state index in [-0.39, 0.29) is 0 Å². The number of guanidine groups is 1. The molecule has 128 valence electrons. The van der Waals surface area contributed by atoms with Crippen molar-refractivity contribution in [2.24, 2.45) is 4.99 Å². The van der Waals surface area contributed by atoms with Gasteiger partial charge in [-0.1, -0.05) is 42.5 Å². The van der Waals surface area contributed by atoms with Crippen LogP contribution in [-0.2, 0) is 13.0 Å². The van der Waals surface area contributed by atoms with Crippen LogP contribution < -0.4 is 10.6 Å². The Labute approximate surface area is 148 Å². The van der Waals surface area contributed by atoms with Gasteiger partial charge in [-0.3, -0.25) is 4.99 Å². The Bertz CT molecular complexity index is 777. The van der Waals surface area contributed by atoms with Crippen LogP contribution in [0.2, 0.25) is 0 Å². The van der Waals surface area contributed by atoms with Gasteiger partial charge in [-0.25, -0.2) is 4.68 Å². The fourth-order valence-electron chi connectivity index (χ4n) is 2.56. The minimum absolute atomic E-state index is 0.763. The lowest BCUT2D eigenvalue weighted by molar-refractivity contribution is 0.794. The van der Waals surface area contributed by atoms with E-state index in [2.05, 4.69) is 57.1 Å². The lowest BCUT2D eigenvalue weighted by atomic mass is 10.1. The zero-order valence-corrected chi connectivity index (χ0v) is 14.4. The molecule has 0 spiro atoms. The van der Waals surface area contributed by atoms with Crippen LogP contribution in [0.15, 0.2) is 78.0 Å². The second-order valence-corrected chi connectivity index (χ2v) is 5.71. The first kappa shape index (κ1) is 16.8. The van der Waals surface area contributed by atoms with Gasteiger partial charge in [0.25, 0.3) is 0 Å². The third kappa shape index (κ3) is 4.94. The number of aromatic nitrogens is 2. The maximum absolute atomic E-state index is 4.26. The first-order valence-corrected chi connectivity index (χ1v) is 8.42. The molecular formula is C20H23N5. The van der Waals surface area contributed by atoms with Crippen molar-refractivity contribution in [1.82, 2.24) is 20.4 Å². The summed E-state index contributed by atoms with van der Waals surface area (Å²) in [5.41, 5.74) is 3.59. The quantitative estimate of drug-likeness (QED) is 0.539. The summed E-state index contributed by atoms with van der Waals surface area (Å²) in [7, 11) is 1.79. The second kappa shape index (κ2) is 8.68. The van der Waals surface area contributed by atoms with Crippen LogP contribution in [-0.4, -0.2) is 29.3 Å². The minimum Gasteiger partial charge on any atom is -0.356 e. The van der Waals surface area contributed by atoms with E-state index in [1.54, 1.807) is 13.2 Å². The average molecular weight is 333 g/mol. The topological polar surface area (TPSA) is 54.2 Å². The van der Waals surface area contributed by atoms with Gasteiger partial charge in [-0.05, 0) is 35.7 Å². The molecule has 0 bridgehead atoms. The molecule has 0 saturated carbocycles. The Morgan fingerprint density at radius 2 is 1.76 bits per heavy atom. The molecule has 1 aromatic heterocycles. The predicted octanol–water partition coefficient (Wildman–Crippen LogP) is 2.78. The number of hydrogen-bond donors (Lipinski definition) is 2. The third-order valence-corrected chi connectivity index (χ3v) is 3.94. The fraction of sp³-hybridized carbons (Fsp3) is 0.200. The highest BCUT2D eigenvalue weighted by atomic mass is 15.3. The molecule has 25 heavy (non-hydrogen) atoms. The van der Waals surface area contributed by atoms with Crippen LogP contribution in [0.4, 0.5) is 0 Å². The van der Waals surface area contributed by atoms with Gasteiger partial charge in [0.15, 0.2) is 5.96 Å². The molecular weight excluding hydrogens is 310 g/mol. The average Bonchev–Trinajstić information content (AvgIpc) is 3.20. The first-order chi connectivity index (χ1) is 12.3. The normalized spacial score (nSPS) is 11.3. The Kier molecular flexibility index (Phi) is 5.82. The van der Waals surface area contributed by atoms with Crippen molar-refractivity contribution in [2.75, 3.05) is 13.6 Å². The van der Waals surface area contributed by atoms with Crippen molar-refractivity contribution >= 4 is 5.96 Å². The predicted molar refractivity (Wildman–Crippen MR) is 102 cm³/mol. The van der Waals surface area contributed by atoms with Gasteiger partial charge in [0.2, 0.25) is 0 Å². The zero-order chi connectivity index (χ0) is 17.3. The summed E-state index contributed by atoms with van der Waals surface area (Å²) in [6.45, 7) is 1.59. The summed E-state index contributed by atoms with van der Waals surface area (Å²) in [4.78, 5) is 4.26. The fourth-order valence-corrected chi connectivity index (χ4v) is 2.56. The highest BCUT2D eigenvalue weighted by Gasteiger charge is 2.00. The van der Waals surface area contributed by atoms with Gasteiger partial charge >= 0.3 is 0 Å². The second-order valence-electron chi connectivity index (χ2n) is 5.71.